The number of hydrogen-bond acceptors (Lipinski definition) is 3. The Bertz CT molecular complexity index is 574. The number of amides is 2. The molecule has 2 amide bonds. The highest BCUT2D eigenvalue weighted by Crippen LogP contribution is 2.40. The Morgan fingerprint density at radius 2 is 1.96 bits per heavy atom. The number of ether oxygens (including phenoxy) is 1. The number of nitrogens with zero attached hydrogens (tertiary/aromatic N) is 2. The topological polar surface area (TPSA) is 44.8 Å². The average molecular weight is 343 g/mol. The van der Waals surface area contributed by atoms with Crippen LogP contribution < -0.4 is 5.32 Å². The van der Waals surface area contributed by atoms with Gasteiger partial charge >= 0.3 is 6.03 Å². The van der Waals surface area contributed by atoms with Gasteiger partial charge < -0.3 is 15.0 Å². The number of carbonyl (C=O) groups is 1. The number of urea groups is 1. The molecule has 1 aromatic carbocycles. The second-order valence-corrected chi connectivity index (χ2v) is 7.68. The maximum Gasteiger partial charge on any atom is 0.317 e. The summed E-state index contributed by atoms with van der Waals surface area (Å²) in [5.74, 6) is 1.10. The molecule has 0 bridgehead atoms. The van der Waals surface area contributed by atoms with E-state index in [1.54, 1.807) is 0 Å². The van der Waals surface area contributed by atoms with Crippen molar-refractivity contribution < 1.29 is 9.53 Å². The van der Waals surface area contributed by atoms with Crippen LogP contribution in [0, 0.1) is 5.92 Å². The molecular formula is C20H29N3O2. The first-order valence-corrected chi connectivity index (χ1v) is 9.70. The standard InChI is InChI=1S/C20H29N3O2/c24-20(21-19-13-18(19)17-6-2-1-3-7-17)23-8-4-5-16(15-23)14-22-9-11-25-12-10-22/h1-3,6-7,16,18-19H,4-5,8-15H2,(H,21,24). The fraction of sp³-hybridized carbons (Fsp3) is 0.650. The molecule has 3 unspecified atom stereocenters. The zero-order chi connectivity index (χ0) is 17.1. The van der Waals surface area contributed by atoms with Crippen LogP contribution in [0.4, 0.5) is 4.79 Å². The second-order valence-electron chi connectivity index (χ2n) is 7.68. The molecule has 2 aliphatic heterocycles. The maximum atomic E-state index is 12.6. The summed E-state index contributed by atoms with van der Waals surface area (Å²) in [6.45, 7) is 6.65. The van der Waals surface area contributed by atoms with E-state index < -0.39 is 0 Å². The summed E-state index contributed by atoms with van der Waals surface area (Å²) in [6, 6.07) is 11.0. The van der Waals surface area contributed by atoms with E-state index in [1.165, 1.54) is 12.0 Å². The third kappa shape index (κ3) is 4.33. The molecular weight excluding hydrogens is 314 g/mol. The Labute approximate surface area is 150 Å². The summed E-state index contributed by atoms with van der Waals surface area (Å²) < 4.78 is 5.43. The summed E-state index contributed by atoms with van der Waals surface area (Å²) >= 11 is 0. The highest BCUT2D eigenvalue weighted by molar-refractivity contribution is 5.75. The van der Waals surface area contributed by atoms with Crippen LogP contribution in [0.3, 0.4) is 0 Å². The largest absolute Gasteiger partial charge is 0.379 e. The molecule has 0 aromatic heterocycles. The lowest BCUT2D eigenvalue weighted by Crippen LogP contribution is -2.49. The Hall–Kier alpha value is -1.59. The first kappa shape index (κ1) is 16.9. The number of rotatable bonds is 4. The molecule has 136 valence electrons. The molecule has 0 spiro atoms. The van der Waals surface area contributed by atoms with Crippen molar-refractivity contribution in [2.24, 2.45) is 5.92 Å². The van der Waals surface area contributed by atoms with E-state index in [9.17, 15) is 4.79 Å². The van der Waals surface area contributed by atoms with Crippen LogP contribution in [-0.2, 0) is 4.74 Å². The number of benzene rings is 1. The van der Waals surface area contributed by atoms with Crippen LogP contribution in [0.5, 0.6) is 0 Å². The van der Waals surface area contributed by atoms with E-state index in [2.05, 4.69) is 34.5 Å². The molecule has 3 atom stereocenters. The molecule has 1 saturated carbocycles. The first-order chi connectivity index (χ1) is 12.3. The van der Waals surface area contributed by atoms with Gasteiger partial charge in [0.25, 0.3) is 0 Å². The molecule has 3 aliphatic rings. The van der Waals surface area contributed by atoms with Gasteiger partial charge in [-0.2, -0.15) is 0 Å². The predicted octanol–water partition coefficient (Wildman–Crippen LogP) is 2.30. The summed E-state index contributed by atoms with van der Waals surface area (Å²) in [4.78, 5) is 17.2. The van der Waals surface area contributed by atoms with Crippen LogP contribution in [0.15, 0.2) is 30.3 Å². The molecule has 1 N–H and O–H groups in total. The van der Waals surface area contributed by atoms with E-state index in [0.29, 0.717) is 17.9 Å². The van der Waals surface area contributed by atoms with Crippen LogP contribution in [0.2, 0.25) is 0 Å². The first-order valence-electron chi connectivity index (χ1n) is 9.70. The Morgan fingerprint density at radius 3 is 2.76 bits per heavy atom. The molecule has 2 heterocycles. The van der Waals surface area contributed by atoms with Gasteiger partial charge in [-0.25, -0.2) is 4.79 Å². The highest BCUT2D eigenvalue weighted by atomic mass is 16.5. The van der Waals surface area contributed by atoms with Gasteiger partial charge in [0.1, 0.15) is 0 Å². The number of morpholine rings is 1. The third-order valence-electron chi connectivity index (χ3n) is 5.75. The normalized spacial score (nSPS) is 30.1. The fourth-order valence-electron chi connectivity index (χ4n) is 4.22. The van der Waals surface area contributed by atoms with E-state index in [1.807, 2.05) is 11.0 Å². The number of likely N-dealkylation sites (tertiary alicyclic amines) is 1. The SMILES string of the molecule is O=C(NC1CC1c1ccccc1)N1CCCC(CN2CCOCC2)C1. The smallest absolute Gasteiger partial charge is 0.317 e. The molecule has 5 heteroatoms. The van der Waals surface area contributed by atoms with Gasteiger partial charge in [0.05, 0.1) is 13.2 Å². The van der Waals surface area contributed by atoms with E-state index in [4.69, 9.17) is 4.74 Å². The highest BCUT2D eigenvalue weighted by Gasteiger charge is 2.40. The maximum absolute atomic E-state index is 12.6. The number of piperidine rings is 1. The Kier molecular flexibility index (Phi) is 5.22. The number of nitrogens with one attached hydrogen (secondary N) is 1. The molecule has 1 aliphatic carbocycles. The van der Waals surface area contributed by atoms with Crippen molar-refractivity contribution in [2.75, 3.05) is 45.9 Å². The molecule has 3 fully saturated rings. The molecule has 4 rings (SSSR count). The van der Waals surface area contributed by atoms with Gasteiger partial charge in [-0.15, -0.1) is 0 Å². The summed E-state index contributed by atoms with van der Waals surface area (Å²) in [5, 5.41) is 3.25. The van der Waals surface area contributed by atoms with Crippen molar-refractivity contribution in [1.29, 1.82) is 0 Å². The van der Waals surface area contributed by atoms with E-state index in [0.717, 1.165) is 58.8 Å². The lowest BCUT2D eigenvalue weighted by molar-refractivity contribution is 0.0249. The molecule has 0 radical (unpaired) electrons. The van der Waals surface area contributed by atoms with Gasteiger partial charge in [-0.1, -0.05) is 30.3 Å². The van der Waals surface area contributed by atoms with Crippen molar-refractivity contribution >= 4 is 6.03 Å². The van der Waals surface area contributed by atoms with Crippen molar-refractivity contribution in [3.05, 3.63) is 35.9 Å². The van der Waals surface area contributed by atoms with Gasteiger partial charge in [-0.3, -0.25) is 4.90 Å². The quantitative estimate of drug-likeness (QED) is 0.912. The van der Waals surface area contributed by atoms with Crippen molar-refractivity contribution in [2.45, 2.75) is 31.2 Å². The lowest BCUT2D eigenvalue weighted by Gasteiger charge is -2.36. The Morgan fingerprint density at radius 1 is 1.16 bits per heavy atom. The summed E-state index contributed by atoms with van der Waals surface area (Å²) in [7, 11) is 0. The average Bonchev–Trinajstić information content (AvgIpc) is 3.43. The second kappa shape index (κ2) is 7.75. The molecule has 25 heavy (non-hydrogen) atoms. The van der Waals surface area contributed by atoms with Crippen LogP contribution in [0.1, 0.15) is 30.7 Å². The van der Waals surface area contributed by atoms with Gasteiger partial charge in [0, 0.05) is 44.7 Å². The van der Waals surface area contributed by atoms with E-state index in [-0.39, 0.29) is 6.03 Å². The van der Waals surface area contributed by atoms with E-state index >= 15 is 0 Å². The number of hydrogen-bond donors (Lipinski definition) is 1. The summed E-state index contributed by atoms with van der Waals surface area (Å²) in [5.41, 5.74) is 1.34. The van der Waals surface area contributed by atoms with Gasteiger partial charge in [0.15, 0.2) is 0 Å². The van der Waals surface area contributed by atoms with Crippen LogP contribution >= 0.6 is 0 Å². The molecule has 1 aromatic rings. The fourth-order valence-corrected chi connectivity index (χ4v) is 4.22. The zero-order valence-corrected chi connectivity index (χ0v) is 14.9. The van der Waals surface area contributed by atoms with Gasteiger partial charge in [-0.05, 0) is 30.7 Å². The van der Waals surface area contributed by atoms with Crippen LogP contribution in [-0.4, -0.2) is 67.8 Å². The van der Waals surface area contributed by atoms with Crippen molar-refractivity contribution in [3.63, 3.8) is 0 Å². The van der Waals surface area contributed by atoms with Crippen molar-refractivity contribution in [3.8, 4) is 0 Å². The molecule has 2 saturated heterocycles. The van der Waals surface area contributed by atoms with Crippen LogP contribution in [0.25, 0.3) is 0 Å². The lowest BCUT2D eigenvalue weighted by atomic mass is 9.97. The van der Waals surface area contributed by atoms with Gasteiger partial charge in [0.2, 0.25) is 0 Å². The summed E-state index contributed by atoms with van der Waals surface area (Å²) in [6.07, 6.45) is 3.42. The molecule has 5 nitrogen and oxygen atoms in total. The monoisotopic (exact) mass is 343 g/mol. The Balaban J connectivity index is 1.24. The zero-order valence-electron chi connectivity index (χ0n) is 14.9. The minimum atomic E-state index is 0.134. The van der Waals surface area contributed by atoms with Crippen molar-refractivity contribution in [1.82, 2.24) is 15.1 Å². The minimum Gasteiger partial charge on any atom is -0.379 e. The minimum absolute atomic E-state index is 0.134. The number of carbonyl (C=O) groups excluding carboxylic acids is 1. The predicted molar refractivity (Wildman–Crippen MR) is 97.7 cm³/mol. The third-order valence-corrected chi connectivity index (χ3v) is 5.75.